The second kappa shape index (κ2) is 15.4. The topological polar surface area (TPSA) is 27.7 Å². The minimum atomic E-state index is -2.39. The van der Waals surface area contributed by atoms with Crippen LogP contribution in [0.25, 0.3) is 0 Å². The third-order valence-corrected chi connectivity index (χ3v) is 9.70. The second-order valence-electron chi connectivity index (χ2n) is 19.2. The quantitative estimate of drug-likeness (QED) is 0.182. The van der Waals surface area contributed by atoms with E-state index < -0.39 is 8.60 Å². The molecule has 272 valence electrons. The van der Waals surface area contributed by atoms with Crippen LogP contribution in [0.1, 0.15) is 158 Å². The van der Waals surface area contributed by atoms with E-state index in [0.29, 0.717) is 0 Å². The fourth-order valence-corrected chi connectivity index (χ4v) is 6.54. The van der Waals surface area contributed by atoms with Gasteiger partial charge in [-0.05, 0) is 67.4 Å². The first-order chi connectivity index (χ1) is 21.6. The van der Waals surface area contributed by atoms with Crippen LogP contribution in [0, 0.1) is 0 Å². The number of rotatable bonds is 6. The average Bonchev–Trinajstić information content (AvgIpc) is 2.91. The van der Waals surface area contributed by atoms with Crippen molar-refractivity contribution in [2.45, 2.75) is 157 Å². The summed E-state index contributed by atoms with van der Waals surface area (Å²) in [6.07, 6.45) is 0. The van der Waals surface area contributed by atoms with Gasteiger partial charge >= 0.3 is 37.8 Å². The van der Waals surface area contributed by atoms with Gasteiger partial charge in [-0.1, -0.05) is 161 Å². The Hall–Kier alpha value is -1.48. The molecule has 0 bridgehead atoms. The van der Waals surface area contributed by atoms with E-state index in [2.05, 4.69) is 188 Å². The van der Waals surface area contributed by atoms with Crippen LogP contribution in [0.15, 0.2) is 54.6 Å². The third kappa shape index (κ3) is 11.5. The zero-order valence-corrected chi connectivity index (χ0v) is 37.0. The summed E-state index contributed by atoms with van der Waals surface area (Å²) < 4.78 is 20.8. The molecule has 6 heteroatoms. The summed E-state index contributed by atoms with van der Waals surface area (Å²) in [6, 6.07) is 19.8. The summed E-state index contributed by atoms with van der Waals surface area (Å²) in [5.41, 5.74) is 6.92. The molecule has 0 spiro atoms. The van der Waals surface area contributed by atoms with Crippen molar-refractivity contribution >= 4 is 17.8 Å². The Morgan fingerprint density at radius 1 is 0.375 bits per heavy atom. The molecule has 0 radical (unpaired) electrons. The number of benzene rings is 3. The number of hydrogen-bond acceptors (Lipinski definition) is 3. The summed E-state index contributed by atoms with van der Waals surface area (Å²) in [4.78, 5) is 0. The molecule has 3 rings (SSSR count). The molecule has 3 aromatic rings. The molecule has 3 aromatic carbocycles. The Labute approximate surface area is 312 Å². The fraction of sp³-hybridized carbons (Fsp3) is 0.571. The predicted octanol–water partition coefficient (Wildman–Crippen LogP) is 13.7. The zero-order valence-electron chi connectivity index (χ0n) is 33.1. The van der Waals surface area contributed by atoms with Crippen molar-refractivity contribution in [1.29, 1.82) is 0 Å². The number of halogens is 1. The van der Waals surface area contributed by atoms with Crippen molar-refractivity contribution in [3.8, 4) is 17.2 Å². The SMILES string of the molecule is CC(C)(C)c1ccc(O[PH+](Oc2ccc(C(C)(C)C)cc2C(C)(C)C)Oc2ccc(C(C)(C)C)cc2C(C)(C)C)c(C(C)(C)C)c1.[Cl][Au]. The van der Waals surface area contributed by atoms with E-state index in [9.17, 15) is 0 Å². The molecule has 0 aliphatic carbocycles. The molecular weight excluding hydrogens is 816 g/mol. The van der Waals surface area contributed by atoms with E-state index >= 15 is 0 Å². The van der Waals surface area contributed by atoms with Gasteiger partial charge in [0.2, 0.25) is 0 Å². The molecule has 0 aliphatic heterocycles. The van der Waals surface area contributed by atoms with Gasteiger partial charge in [0.05, 0.1) is 0 Å². The summed E-state index contributed by atoms with van der Waals surface area (Å²) >= 11 is 1.75. The summed E-state index contributed by atoms with van der Waals surface area (Å²) in [5.74, 6) is 2.42. The monoisotopic (exact) mass is 879 g/mol. The van der Waals surface area contributed by atoms with Crippen molar-refractivity contribution in [3.63, 3.8) is 0 Å². The van der Waals surface area contributed by atoms with E-state index in [1.54, 1.807) is 20.0 Å². The summed E-state index contributed by atoms with van der Waals surface area (Å²) in [7, 11) is 2.19. The van der Waals surface area contributed by atoms with Crippen molar-refractivity contribution < 1.29 is 33.6 Å². The molecule has 0 N–H and O–H groups in total. The van der Waals surface area contributed by atoms with Crippen LogP contribution in [0.5, 0.6) is 17.2 Å². The van der Waals surface area contributed by atoms with Gasteiger partial charge in [0.1, 0.15) is 0 Å². The normalized spacial score (nSPS) is 13.2. The van der Waals surface area contributed by atoms with Gasteiger partial charge in [0.25, 0.3) is 0 Å². The molecule has 0 fully saturated rings. The van der Waals surface area contributed by atoms with Gasteiger partial charge in [-0.2, -0.15) is 0 Å². The van der Waals surface area contributed by atoms with Gasteiger partial charge in [-0.15, -0.1) is 0 Å². The Kier molecular flexibility index (Phi) is 13.7. The summed E-state index contributed by atoms with van der Waals surface area (Å²) in [5, 5.41) is 0. The van der Waals surface area contributed by atoms with E-state index in [1.807, 2.05) is 0 Å². The first kappa shape index (κ1) is 42.7. The molecule has 0 atom stereocenters. The van der Waals surface area contributed by atoms with E-state index in [1.165, 1.54) is 16.7 Å². The Balaban J connectivity index is 0.00000392. The van der Waals surface area contributed by atoms with Crippen LogP contribution in [0.2, 0.25) is 0 Å². The molecular formula is C42H64AuClO3P+. The molecule has 0 aromatic heterocycles. The predicted molar refractivity (Wildman–Crippen MR) is 208 cm³/mol. The van der Waals surface area contributed by atoms with Crippen LogP contribution >= 0.6 is 17.8 Å². The van der Waals surface area contributed by atoms with Crippen LogP contribution in [0.4, 0.5) is 0 Å². The third-order valence-electron chi connectivity index (χ3n) is 8.54. The van der Waals surface area contributed by atoms with Gasteiger partial charge in [0, 0.05) is 16.7 Å². The van der Waals surface area contributed by atoms with Crippen LogP contribution < -0.4 is 13.6 Å². The molecule has 0 amide bonds. The van der Waals surface area contributed by atoms with Crippen LogP contribution in [0.3, 0.4) is 0 Å². The fourth-order valence-electron chi connectivity index (χ4n) is 5.35. The van der Waals surface area contributed by atoms with Crippen molar-refractivity contribution in [3.05, 3.63) is 88.0 Å². The Bertz CT molecular complexity index is 1340. The second-order valence-corrected chi connectivity index (χ2v) is 20.3. The average molecular weight is 880 g/mol. The molecule has 48 heavy (non-hydrogen) atoms. The molecule has 0 saturated carbocycles. The van der Waals surface area contributed by atoms with Gasteiger partial charge < -0.3 is 0 Å². The van der Waals surface area contributed by atoms with Gasteiger partial charge in [-0.25, -0.2) is 0 Å². The maximum atomic E-state index is 6.94. The van der Waals surface area contributed by atoms with Crippen molar-refractivity contribution in [2.24, 2.45) is 0 Å². The zero-order chi connectivity index (χ0) is 37.3. The molecule has 3 nitrogen and oxygen atoms in total. The van der Waals surface area contributed by atoms with E-state index in [4.69, 9.17) is 13.6 Å². The Morgan fingerprint density at radius 3 is 0.750 bits per heavy atom. The van der Waals surface area contributed by atoms with Gasteiger partial charge in [0.15, 0.2) is 17.2 Å². The first-order valence-corrected chi connectivity index (χ1v) is 21.0. The van der Waals surface area contributed by atoms with Crippen LogP contribution in [-0.2, 0) is 52.5 Å². The number of hydrogen-bond donors (Lipinski definition) is 0. The Morgan fingerprint density at radius 2 is 0.583 bits per heavy atom. The summed E-state index contributed by atoms with van der Waals surface area (Å²) in [6.45, 7) is 40.4. The molecule has 0 heterocycles. The molecule has 0 saturated heterocycles. The maximum absolute atomic E-state index is 6.94. The first-order valence-electron chi connectivity index (χ1n) is 17.1. The van der Waals surface area contributed by atoms with E-state index in [0.717, 1.165) is 33.9 Å². The molecule has 0 unspecified atom stereocenters. The standard InChI is InChI=1S/C42H64O3P.Au.ClH/c1-37(2,3)28-19-22-34(31(25-28)40(10,11)12)43-46(44-35-23-20-29(38(4,5)6)26-32(35)41(13,14)15)45-36-24-21-30(39(7,8)9)27-33(36)42(16,17)18;;/h19-27,46H,1-18H3;;1H/q2*+1;/p-1. The minimum absolute atomic E-state index is 0.0200. The van der Waals surface area contributed by atoms with Crippen LogP contribution in [-0.4, -0.2) is 0 Å². The van der Waals surface area contributed by atoms with E-state index in [-0.39, 0.29) is 32.5 Å². The van der Waals surface area contributed by atoms with Crippen molar-refractivity contribution in [1.82, 2.24) is 0 Å². The molecule has 0 aliphatic rings. The van der Waals surface area contributed by atoms with Crippen molar-refractivity contribution in [2.75, 3.05) is 0 Å². The van der Waals surface area contributed by atoms with Gasteiger partial charge in [-0.3, -0.25) is 13.6 Å².